The Hall–Kier alpha value is -4.33. The van der Waals surface area contributed by atoms with Gasteiger partial charge in [-0.2, -0.15) is 0 Å². The first-order valence-corrected chi connectivity index (χ1v) is 10.9. The normalized spacial score (nSPS) is 9.97. The van der Waals surface area contributed by atoms with Crippen molar-refractivity contribution in [3.05, 3.63) is 83.9 Å². The van der Waals surface area contributed by atoms with Gasteiger partial charge in [-0.3, -0.25) is 9.59 Å². The molecule has 0 aliphatic carbocycles. The highest BCUT2D eigenvalue weighted by Crippen LogP contribution is 2.19. The third-order valence-electron chi connectivity index (χ3n) is 4.89. The molecule has 0 atom stereocenters. The number of hydrogen-bond donors (Lipinski definition) is 4. The van der Waals surface area contributed by atoms with Gasteiger partial charge < -0.3 is 25.8 Å². The monoisotopic (exact) mass is 477 g/mol. The van der Waals surface area contributed by atoms with Crippen LogP contribution in [0.5, 0.6) is 5.75 Å². The summed E-state index contributed by atoms with van der Waals surface area (Å²) in [7, 11) is 0. The summed E-state index contributed by atoms with van der Waals surface area (Å²) in [5, 5.41) is 17.1. The number of aliphatic carboxylic acids is 1. The predicted molar refractivity (Wildman–Crippen MR) is 138 cm³/mol. The molecule has 3 amide bonds. The van der Waals surface area contributed by atoms with Crippen LogP contribution in [0.1, 0.15) is 31.4 Å². The smallest absolute Gasteiger partial charge is 0.323 e. The molecular weight excluding hydrogens is 446 g/mol. The number of carbonyl (C=O) groups excluding carboxylic acids is 2. The molecular formula is C27H31N3O5. The second-order valence-electron chi connectivity index (χ2n) is 7.69. The number of benzene rings is 3. The topological polar surface area (TPSA) is 117 Å². The van der Waals surface area contributed by atoms with Crippen LogP contribution < -0.4 is 20.7 Å². The minimum absolute atomic E-state index is 0. The fourth-order valence-electron chi connectivity index (χ4n) is 3.17. The van der Waals surface area contributed by atoms with Gasteiger partial charge in [0.15, 0.2) is 0 Å². The molecule has 0 bridgehead atoms. The average molecular weight is 478 g/mol. The number of carboxylic acids is 1. The van der Waals surface area contributed by atoms with Gasteiger partial charge in [0.05, 0.1) is 13.0 Å². The largest absolute Gasteiger partial charge is 0.494 e. The number of carbonyl (C=O) groups is 3. The Labute approximate surface area is 205 Å². The molecule has 3 rings (SSSR count). The molecule has 0 saturated carbocycles. The zero-order valence-electron chi connectivity index (χ0n) is 18.8. The van der Waals surface area contributed by atoms with Gasteiger partial charge in [-0.15, -0.1) is 0 Å². The summed E-state index contributed by atoms with van der Waals surface area (Å²) in [6, 6.07) is 21.2. The Bertz CT molecular complexity index is 1150. The molecule has 0 aliphatic heterocycles. The molecule has 0 aliphatic rings. The van der Waals surface area contributed by atoms with Crippen LogP contribution in [-0.4, -0.2) is 29.6 Å². The van der Waals surface area contributed by atoms with Crippen LogP contribution in [0.15, 0.2) is 72.8 Å². The molecule has 0 unspecified atom stereocenters. The zero-order valence-corrected chi connectivity index (χ0v) is 18.8. The summed E-state index contributed by atoms with van der Waals surface area (Å²) in [4.78, 5) is 35.2. The minimum atomic E-state index is -0.862. The van der Waals surface area contributed by atoms with Crippen molar-refractivity contribution in [2.24, 2.45) is 0 Å². The summed E-state index contributed by atoms with van der Waals surface area (Å²) < 4.78 is 5.53. The van der Waals surface area contributed by atoms with E-state index in [1.54, 1.807) is 48.5 Å². The van der Waals surface area contributed by atoms with Gasteiger partial charge in [-0.1, -0.05) is 43.8 Å². The van der Waals surface area contributed by atoms with E-state index in [1.165, 1.54) is 0 Å². The lowest BCUT2D eigenvalue weighted by Gasteiger charge is -2.11. The second-order valence-corrected chi connectivity index (χ2v) is 7.69. The van der Waals surface area contributed by atoms with Gasteiger partial charge in [0.2, 0.25) is 5.91 Å². The fraction of sp³-hybridized carbons (Fsp3) is 0.222. The van der Waals surface area contributed by atoms with Crippen LogP contribution in [0.3, 0.4) is 0 Å². The predicted octanol–water partition coefficient (Wildman–Crippen LogP) is 5.70. The molecule has 4 N–H and O–H groups in total. The third kappa shape index (κ3) is 9.21. The van der Waals surface area contributed by atoms with E-state index in [1.807, 2.05) is 31.2 Å². The zero-order chi connectivity index (χ0) is 24.3. The highest BCUT2D eigenvalue weighted by atomic mass is 16.5. The molecule has 35 heavy (non-hydrogen) atoms. The highest BCUT2D eigenvalue weighted by molar-refractivity contribution is 6.00. The molecule has 8 nitrogen and oxygen atoms in total. The van der Waals surface area contributed by atoms with E-state index in [4.69, 9.17) is 9.84 Å². The Morgan fingerprint density at radius 2 is 1.60 bits per heavy atom. The van der Waals surface area contributed by atoms with Gasteiger partial charge in [0.25, 0.3) is 0 Å². The van der Waals surface area contributed by atoms with E-state index in [2.05, 4.69) is 16.0 Å². The summed E-state index contributed by atoms with van der Waals surface area (Å²) >= 11 is 0. The number of urea groups is 1. The van der Waals surface area contributed by atoms with Gasteiger partial charge in [-0.25, -0.2) is 4.79 Å². The van der Waals surface area contributed by atoms with Crippen molar-refractivity contribution in [3.63, 3.8) is 0 Å². The lowest BCUT2D eigenvalue weighted by atomic mass is 10.1. The molecule has 0 saturated heterocycles. The Morgan fingerprint density at radius 3 is 2.31 bits per heavy atom. The Morgan fingerprint density at radius 1 is 0.857 bits per heavy atom. The standard InChI is InChI=1S/C26H27N3O5.CH4/c1-18-6-2-3-9-23(18)29-26(33)28-20-13-11-19(12-14-20)16-24(30)27-21-7-4-8-22(17-21)34-15-5-10-25(31)32;/h2-4,6-9,11-14,17H,5,10,15-16H2,1H3,(H,27,30)(H,31,32)(H2,28,29,33);1H4. The first-order chi connectivity index (χ1) is 16.4. The van der Waals surface area contributed by atoms with E-state index in [0.29, 0.717) is 23.5 Å². The number of hydrogen-bond acceptors (Lipinski definition) is 4. The first-order valence-electron chi connectivity index (χ1n) is 10.9. The lowest BCUT2D eigenvalue weighted by molar-refractivity contribution is -0.137. The van der Waals surface area contributed by atoms with Gasteiger partial charge in [-0.05, 0) is 54.8 Å². The Kier molecular flexibility index (Phi) is 10.3. The quantitative estimate of drug-likeness (QED) is 0.280. The molecule has 0 fully saturated rings. The van der Waals surface area contributed by atoms with E-state index in [-0.39, 0.29) is 38.8 Å². The van der Waals surface area contributed by atoms with Gasteiger partial charge in [0, 0.05) is 29.5 Å². The maximum Gasteiger partial charge on any atom is 0.323 e. The molecule has 0 radical (unpaired) electrons. The molecule has 0 spiro atoms. The van der Waals surface area contributed by atoms with Crippen molar-refractivity contribution >= 4 is 35.0 Å². The van der Waals surface area contributed by atoms with Gasteiger partial charge >= 0.3 is 12.0 Å². The minimum Gasteiger partial charge on any atom is -0.494 e. The Balaban J connectivity index is 0.00000432. The number of nitrogens with one attached hydrogen (secondary N) is 3. The summed E-state index contributed by atoms with van der Waals surface area (Å²) in [6.45, 7) is 2.20. The SMILES string of the molecule is C.Cc1ccccc1NC(=O)Nc1ccc(CC(=O)Nc2cccc(OCCCC(=O)O)c2)cc1. The molecule has 0 aromatic heterocycles. The van der Waals surface area contributed by atoms with Crippen LogP contribution in [0.2, 0.25) is 0 Å². The van der Waals surface area contributed by atoms with Crippen LogP contribution in [0, 0.1) is 6.92 Å². The number of para-hydroxylation sites is 1. The fourth-order valence-corrected chi connectivity index (χ4v) is 3.17. The number of ether oxygens (including phenoxy) is 1. The van der Waals surface area contributed by atoms with Crippen molar-refractivity contribution in [3.8, 4) is 5.75 Å². The van der Waals surface area contributed by atoms with E-state index in [9.17, 15) is 14.4 Å². The number of amides is 3. The van der Waals surface area contributed by atoms with Crippen LogP contribution >= 0.6 is 0 Å². The number of aryl methyl sites for hydroxylation is 1. The summed E-state index contributed by atoms with van der Waals surface area (Å²) in [6.07, 6.45) is 0.617. The molecule has 0 heterocycles. The number of carboxylic acid groups (broad SMARTS) is 1. The van der Waals surface area contributed by atoms with E-state index in [0.717, 1.165) is 16.8 Å². The van der Waals surface area contributed by atoms with Crippen molar-refractivity contribution in [2.45, 2.75) is 33.6 Å². The van der Waals surface area contributed by atoms with Crippen LogP contribution in [0.4, 0.5) is 21.9 Å². The summed E-state index contributed by atoms with van der Waals surface area (Å²) in [5.41, 5.74) is 3.70. The molecule has 3 aromatic carbocycles. The van der Waals surface area contributed by atoms with E-state index >= 15 is 0 Å². The van der Waals surface area contributed by atoms with Gasteiger partial charge in [0.1, 0.15) is 5.75 Å². The third-order valence-corrected chi connectivity index (χ3v) is 4.89. The van der Waals surface area contributed by atoms with Crippen molar-refractivity contribution < 1.29 is 24.2 Å². The first kappa shape index (κ1) is 26.9. The van der Waals surface area contributed by atoms with Crippen LogP contribution in [0.25, 0.3) is 0 Å². The van der Waals surface area contributed by atoms with Crippen LogP contribution in [-0.2, 0) is 16.0 Å². The van der Waals surface area contributed by atoms with E-state index < -0.39 is 5.97 Å². The maximum atomic E-state index is 12.4. The molecule has 3 aromatic rings. The second kappa shape index (κ2) is 13.4. The number of rotatable bonds is 10. The molecule has 184 valence electrons. The summed E-state index contributed by atoms with van der Waals surface area (Å²) in [5.74, 6) is -0.498. The van der Waals surface area contributed by atoms with Crippen molar-refractivity contribution in [1.82, 2.24) is 0 Å². The average Bonchev–Trinajstić information content (AvgIpc) is 2.80. The number of anilines is 3. The van der Waals surface area contributed by atoms with Crippen molar-refractivity contribution in [1.29, 1.82) is 0 Å². The molecule has 8 heteroatoms. The lowest BCUT2D eigenvalue weighted by Crippen LogP contribution is -2.20. The maximum absolute atomic E-state index is 12.4. The highest BCUT2D eigenvalue weighted by Gasteiger charge is 2.08. The van der Waals surface area contributed by atoms with Crippen molar-refractivity contribution in [2.75, 3.05) is 22.6 Å².